The summed E-state index contributed by atoms with van der Waals surface area (Å²) in [6.45, 7) is 1.81. The van der Waals surface area contributed by atoms with Gasteiger partial charge in [-0.25, -0.2) is 4.79 Å². The number of rotatable bonds is 5. The number of para-hydroxylation sites is 1. The quantitative estimate of drug-likeness (QED) is 0.764. The average molecular weight is 393 g/mol. The number of hydrogen-bond donors (Lipinski definition) is 2. The van der Waals surface area contributed by atoms with E-state index in [1.807, 2.05) is 24.3 Å². The predicted octanol–water partition coefficient (Wildman–Crippen LogP) is 3.42. The Bertz CT molecular complexity index is 723. The lowest BCUT2D eigenvalue weighted by molar-refractivity contribution is 0.171. The lowest BCUT2D eigenvalue weighted by atomic mass is 10.2. The largest absolute Gasteiger partial charge is 0.491 e. The van der Waals surface area contributed by atoms with Crippen molar-refractivity contribution < 1.29 is 19.0 Å². The van der Waals surface area contributed by atoms with Crippen molar-refractivity contribution in [1.82, 2.24) is 5.32 Å². The van der Waals surface area contributed by atoms with Crippen LogP contribution in [-0.2, 0) is 0 Å². The van der Waals surface area contributed by atoms with Gasteiger partial charge in [0.05, 0.1) is 11.0 Å². The molecule has 1 heterocycles. The van der Waals surface area contributed by atoms with Crippen LogP contribution in [0.4, 0.5) is 10.5 Å². The fourth-order valence-electron chi connectivity index (χ4n) is 2.18. The molecule has 0 unspecified atom stereocenters. The first-order chi connectivity index (χ1) is 11.7. The Morgan fingerprint density at radius 2 is 1.92 bits per heavy atom. The van der Waals surface area contributed by atoms with E-state index in [4.69, 9.17) is 14.2 Å². The molecule has 2 amide bonds. The van der Waals surface area contributed by atoms with Crippen LogP contribution in [0.5, 0.6) is 17.2 Å². The van der Waals surface area contributed by atoms with E-state index in [1.54, 1.807) is 18.2 Å². The highest BCUT2D eigenvalue weighted by Crippen LogP contribution is 2.32. The summed E-state index contributed by atoms with van der Waals surface area (Å²) >= 11 is 3.40. The maximum atomic E-state index is 11.9. The van der Waals surface area contributed by atoms with Gasteiger partial charge in [-0.3, -0.25) is 0 Å². The SMILES string of the molecule is O=C(NCCOc1ccccc1Br)Nc1ccc2c(c1)OCCO2. The predicted molar refractivity (Wildman–Crippen MR) is 94.1 cm³/mol. The number of hydrogen-bond acceptors (Lipinski definition) is 4. The zero-order chi connectivity index (χ0) is 16.8. The second kappa shape index (κ2) is 7.92. The maximum Gasteiger partial charge on any atom is 0.319 e. The van der Waals surface area contributed by atoms with Crippen molar-refractivity contribution in [2.45, 2.75) is 0 Å². The van der Waals surface area contributed by atoms with E-state index in [-0.39, 0.29) is 6.03 Å². The number of urea groups is 1. The third kappa shape index (κ3) is 4.32. The number of carbonyl (C=O) groups is 1. The number of amides is 2. The molecule has 126 valence electrons. The molecule has 0 spiro atoms. The van der Waals surface area contributed by atoms with Gasteiger partial charge in [0, 0.05) is 11.8 Å². The minimum absolute atomic E-state index is 0.303. The van der Waals surface area contributed by atoms with Crippen LogP contribution < -0.4 is 24.8 Å². The van der Waals surface area contributed by atoms with Crippen molar-refractivity contribution in [3.05, 3.63) is 46.9 Å². The summed E-state index contributed by atoms with van der Waals surface area (Å²) in [6, 6.07) is 12.5. The summed E-state index contributed by atoms with van der Waals surface area (Å²) in [5.74, 6) is 2.07. The molecular weight excluding hydrogens is 376 g/mol. The van der Waals surface area contributed by atoms with E-state index in [9.17, 15) is 4.79 Å². The van der Waals surface area contributed by atoms with Crippen LogP contribution >= 0.6 is 15.9 Å². The molecule has 2 aromatic rings. The summed E-state index contributed by atoms with van der Waals surface area (Å²) < 4.78 is 17.4. The van der Waals surface area contributed by atoms with E-state index in [1.165, 1.54) is 0 Å². The lowest BCUT2D eigenvalue weighted by Crippen LogP contribution is -2.32. The molecule has 2 N–H and O–H groups in total. The van der Waals surface area contributed by atoms with E-state index in [0.29, 0.717) is 43.6 Å². The minimum atomic E-state index is -0.303. The molecule has 3 rings (SSSR count). The Morgan fingerprint density at radius 3 is 2.75 bits per heavy atom. The van der Waals surface area contributed by atoms with Gasteiger partial charge < -0.3 is 24.8 Å². The topological polar surface area (TPSA) is 68.8 Å². The Balaban J connectivity index is 1.43. The molecule has 2 aromatic carbocycles. The molecule has 0 saturated carbocycles. The van der Waals surface area contributed by atoms with Crippen LogP contribution in [-0.4, -0.2) is 32.4 Å². The summed E-state index contributed by atoms with van der Waals surface area (Å²) in [4.78, 5) is 11.9. The molecule has 0 aromatic heterocycles. The van der Waals surface area contributed by atoms with E-state index in [2.05, 4.69) is 26.6 Å². The smallest absolute Gasteiger partial charge is 0.319 e. The van der Waals surface area contributed by atoms with Gasteiger partial charge in [0.2, 0.25) is 0 Å². The molecule has 1 aliphatic rings. The van der Waals surface area contributed by atoms with Crippen LogP contribution in [0.2, 0.25) is 0 Å². The average Bonchev–Trinajstić information content (AvgIpc) is 2.60. The molecular formula is C17H17BrN2O4. The molecule has 0 saturated heterocycles. The Hall–Kier alpha value is -2.41. The van der Waals surface area contributed by atoms with Gasteiger partial charge in [-0.15, -0.1) is 0 Å². The van der Waals surface area contributed by atoms with Crippen molar-refractivity contribution in [2.24, 2.45) is 0 Å². The van der Waals surface area contributed by atoms with Crippen LogP contribution in [0, 0.1) is 0 Å². The van der Waals surface area contributed by atoms with Crippen molar-refractivity contribution >= 4 is 27.6 Å². The molecule has 0 fully saturated rings. The zero-order valence-corrected chi connectivity index (χ0v) is 14.5. The van der Waals surface area contributed by atoms with Gasteiger partial charge in [-0.2, -0.15) is 0 Å². The number of nitrogens with one attached hydrogen (secondary N) is 2. The highest BCUT2D eigenvalue weighted by atomic mass is 79.9. The maximum absolute atomic E-state index is 11.9. The number of ether oxygens (including phenoxy) is 3. The highest BCUT2D eigenvalue weighted by molar-refractivity contribution is 9.10. The first kappa shape index (κ1) is 16.4. The number of anilines is 1. The first-order valence-corrected chi connectivity index (χ1v) is 8.33. The number of carbonyl (C=O) groups excluding carboxylic acids is 1. The van der Waals surface area contributed by atoms with Crippen molar-refractivity contribution in [3.8, 4) is 17.2 Å². The first-order valence-electron chi connectivity index (χ1n) is 7.54. The van der Waals surface area contributed by atoms with Gasteiger partial charge in [-0.05, 0) is 40.2 Å². The molecule has 6 nitrogen and oxygen atoms in total. The molecule has 0 atom stereocenters. The Morgan fingerprint density at radius 1 is 1.12 bits per heavy atom. The summed E-state index contributed by atoms with van der Waals surface area (Å²) in [5.41, 5.74) is 0.642. The molecule has 0 radical (unpaired) electrons. The molecule has 24 heavy (non-hydrogen) atoms. The summed E-state index contributed by atoms with van der Waals surface area (Å²) in [6.07, 6.45) is 0. The van der Waals surface area contributed by atoms with Crippen molar-refractivity contribution in [3.63, 3.8) is 0 Å². The van der Waals surface area contributed by atoms with Crippen LogP contribution in [0.15, 0.2) is 46.9 Å². The number of halogens is 1. The number of fused-ring (bicyclic) bond motifs is 1. The van der Waals surface area contributed by atoms with Gasteiger partial charge in [0.15, 0.2) is 11.5 Å². The lowest BCUT2D eigenvalue weighted by Gasteiger charge is -2.19. The van der Waals surface area contributed by atoms with Crippen molar-refractivity contribution in [2.75, 3.05) is 31.7 Å². The minimum Gasteiger partial charge on any atom is -0.491 e. The Labute approximate surface area is 148 Å². The zero-order valence-electron chi connectivity index (χ0n) is 12.9. The van der Waals surface area contributed by atoms with Gasteiger partial charge in [-0.1, -0.05) is 12.1 Å². The van der Waals surface area contributed by atoms with Crippen LogP contribution in [0.25, 0.3) is 0 Å². The normalized spacial score (nSPS) is 12.4. The van der Waals surface area contributed by atoms with E-state index in [0.717, 1.165) is 10.2 Å². The molecule has 7 heteroatoms. The molecule has 0 bridgehead atoms. The molecule has 0 aliphatic carbocycles. The van der Waals surface area contributed by atoms with Gasteiger partial charge >= 0.3 is 6.03 Å². The Kier molecular flexibility index (Phi) is 5.43. The monoisotopic (exact) mass is 392 g/mol. The summed E-state index contributed by atoms with van der Waals surface area (Å²) in [7, 11) is 0. The highest BCUT2D eigenvalue weighted by Gasteiger charge is 2.12. The fraction of sp³-hybridized carbons (Fsp3) is 0.235. The summed E-state index contributed by atoms with van der Waals surface area (Å²) in [5, 5.41) is 5.49. The third-order valence-corrected chi connectivity index (χ3v) is 3.94. The second-order valence-corrected chi connectivity index (χ2v) is 5.87. The molecule has 1 aliphatic heterocycles. The van der Waals surface area contributed by atoms with Gasteiger partial charge in [0.1, 0.15) is 25.6 Å². The third-order valence-electron chi connectivity index (χ3n) is 3.28. The van der Waals surface area contributed by atoms with E-state index < -0.39 is 0 Å². The fourth-order valence-corrected chi connectivity index (χ4v) is 2.58. The van der Waals surface area contributed by atoms with Crippen LogP contribution in [0.3, 0.4) is 0 Å². The second-order valence-electron chi connectivity index (χ2n) is 5.02. The standard InChI is InChI=1S/C17H17BrN2O4/c18-13-3-1-2-4-14(13)22-8-7-19-17(21)20-12-5-6-15-16(11-12)24-10-9-23-15/h1-6,11H,7-10H2,(H2,19,20,21). The van der Waals surface area contributed by atoms with Crippen molar-refractivity contribution in [1.29, 1.82) is 0 Å². The van der Waals surface area contributed by atoms with E-state index >= 15 is 0 Å². The number of benzene rings is 2. The van der Waals surface area contributed by atoms with Crippen LogP contribution in [0.1, 0.15) is 0 Å². The van der Waals surface area contributed by atoms with Gasteiger partial charge in [0.25, 0.3) is 0 Å².